The first-order valence-corrected chi connectivity index (χ1v) is 6.97. The number of benzene rings is 1. The maximum atomic E-state index is 12.0. The van der Waals surface area contributed by atoms with Crippen LogP contribution < -0.4 is 16.4 Å². The standard InChI is InChI=1S/C15H23N3O3/c1-10-4-5-12(11(2)8-10)18-14(19)9-13(15(20)21)17-7-3-6-16/h4-5,8,13,17H,3,6-7,9,16H2,1-2H3,(H,18,19)(H,20,21)/t13-/m1/s1. The molecule has 0 aliphatic heterocycles. The first-order valence-electron chi connectivity index (χ1n) is 6.97. The number of hydrogen-bond donors (Lipinski definition) is 4. The fraction of sp³-hybridized carbons (Fsp3) is 0.467. The van der Waals surface area contributed by atoms with Gasteiger partial charge in [0, 0.05) is 5.69 Å². The number of carboxylic acid groups (broad SMARTS) is 1. The Hall–Kier alpha value is -1.92. The SMILES string of the molecule is Cc1ccc(NC(=O)C[C@@H](NCCCN)C(=O)O)c(C)c1. The van der Waals surface area contributed by atoms with E-state index in [1.807, 2.05) is 32.0 Å². The number of carbonyl (C=O) groups is 2. The minimum Gasteiger partial charge on any atom is -0.480 e. The molecule has 21 heavy (non-hydrogen) atoms. The van der Waals surface area contributed by atoms with Crippen molar-refractivity contribution in [2.24, 2.45) is 5.73 Å². The Morgan fingerprint density at radius 1 is 1.33 bits per heavy atom. The van der Waals surface area contributed by atoms with Crippen LogP contribution in [0, 0.1) is 13.8 Å². The van der Waals surface area contributed by atoms with E-state index in [0.29, 0.717) is 25.2 Å². The number of anilines is 1. The zero-order chi connectivity index (χ0) is 15.8. The van der Waals surface area contributed by atoms with E-state index < -0.39 is 12.0 Å². The molecule has 0 fully saturated rings. The van der Waals surface area contributed by atoms with Gasteiger partial charge in [-0.15, -0.1) is 0 Å². The predicted molar refractivity (Wildman–Crippen MR) is 82.3 cm³/mol. The lowest BCUT2D eigenvalue weighted by molar-refractivity contribution is -0.141. The van der Waals surface area contributed by atoms with Crippen LogP contribution in [0.25, 0.3) is 0 Å². The summed E-state index contributed by atoms with van der Waals surface area (Å²) >= 11 is 0. The van der Waals surface area contributed by atoms with Crippen molar-refractivity contribution in [2.45, 2.75) is 32.7 Å². The quantitative estimate of drug-likeness (QED) is 0.536. The lowest BCUT2D eigenvalue weighted by Crippen LogP contribution is -2.40. The molecule has 116 valence electrons. The summed E-state index contributed by atoms with van der Waals surface area (Å²) in [6.45, 7) is 4.83. The Morgan fingerprint density at radius 2 is 2.05 bits per heavy atom. The minimum atomic E-state index is -1.04. The molecule has 1 rings (SSSR count). The molecule has 1 aromatic carbocycles. The highest BCUT2D eigenvalue weighted by atomic mass is 16.4. The van der Waals surface area contributed by atoms with Gasteiger partial charge in [-0.3, -0.25) is 9.59 Å². The van der Waals surface area contributed by atoms with Crippen molar-refractivity contribution in [2.75, 3.05) is 18.4 Å². The number of aliphatic carboxylic acids is 1. The van der Waals surface area contributed by atoms with E-state index in [4.69, 9.17) is 10.8 Å². The summed E-state index contributed by atoms with van der Waals surface area (Å²) in [6, 6.07) is 4.78. The number of nitrogens with one attached hydrogen (secondary N) is 2. The molecule has 0 aliphatic rings. The van der Waals surface area contributed by atoms with Crippen molar-refractivity contribution in [1.82, 2.24) is 5.32 Å². The van der Waals surface area contributed by atoms with Gasteiger partial charge in [0.15, 0.2) is 0 Å². The lowest BCUT2D eigenvalue weighted by atomic mass is 10.1. The molecule has 1 amide bonds. The summed E-state index contributed by atoms with van der Waals surface area (Å²) in [5, 5.41) is 14.7. The van der Waals surface area contributed by atoms with Crippen molar-refractivity contribution >= 4 is 17.6 Å². The Morgan fingerprint density at radius 3 is 2.62 bits per heavy atom. The third-order valence-corrected chi connectivity index (χ3v) is 3.12. The number of rotatable bonds is 8. The molecule has 6 nitrogen and oxygen atoms in total. The van der Waals surface area contributed by atoms with Crippen LogP contribution in [0.5, 0.6) is 0 Å². The first kappa shape index (κ1) is 17.1. The number of nitrogens with two attached hydrogens (primary N) is 1. The zero-order valence-electron chi connectivity index (χ0n) is 12.5. The Kier molecular flexibility index (Phi) is 6.84. The van der Waals surface area contributed by atoms with Gasteiger partial charge in [-0.2, -0.15) is 0 Å². The molecule has 0 saturated carbocycles. The maximum absolute atomic E-state index is 12.0. The number of hydrogen-bond acceptors (Lipinski definition) is 4. The third kappa shape index (κ3) is 5.93. The van der Waals surface area contributed by atoms with Crippen molar-refractivity contribution in [1.29, 1.82) is 0 Å². The predicted octanol–water partition coefficient (Wildman–Crippen LogP) is 1.02. The van der Waals surface area contributed by atoms with Gasteiger partial charge in [0.2, 0.25) is 5.91 Å². The molecule has 1 atom stereocenters. The second kappa shape index (κ2) is 8.39. The summed E-state index contributed by atoms with van der Waals surface area (Å²) in [6.07, 6.45) is 0.551. The second-order valence-corrected chi connectivity index (χ2v) is 5.06. The van der Waals surface area contributed by atoms with Crippen LogP contribution in [0.2, 0.25) is 0 Å². The third-order valence-electron chi connectivity index (χ3n) is 3.12. The summed E-state index contributed by atoms with van der Waals surface area (Å²) in [5.41, 5.74) is 8.12. The highest BCUT2D eigenvalue weighted by molar-refractivity contribution is 5.94. The highest BCUT2D eigenvalue weighted by Gasteiger charge is 2.20. The fourth-order valence-corrected chi connectivity index (χ4v) is 1.97. The second-order valence-electron chi connectivity index (χ2n) is 5.06. The van der Waals surface area contributed by atoms with E-state index in [0.717, 1.165) is 11.1 Å². The average Bonchev–Trinajstić information content (AvgIpc) is 2.41. The van der Waals surface area contributed by atoms with Crippen LogP contribution in [0.3, 0.4) is 0 Å². The Balaban J connectivity index is 2.59. The molecule has 0 radical (unpaired) electrons. The molecule has 1 aromatic rings. The summed E-state index contributed by atoms with van der Waals surface area (Å²) < 4.78 is 0. The topological polar surface area (TPSA) is 104 Å². The first-order chi connectivity index (χ1) is 9.93. The van der Waals surface area contributed by atoms with Gasteiger partial charge in [-0.1, -0.05) is 17.7 Å². The van der Waals surface area contributed by atoms with Crippen molar-refractivity contribution in [3.63, 3.8) is 0 Å². The van der Waals surface area contributed by atoms with E-state index in [9.17, 15) is 9.59 Å². The van der Waals surface area contributed by atoms with E-state index in [1.165, 1.54) is 0 Å². The van der Waals surface area contributed by atoms with Gasteiger partial charge in [0.05, 0.1) is 6.42 Å². The normalized spacial score (nSPS) is 12.0. The van der Waals surface area contributed by atoms with E-state index >= 15 is 0 Å². The molecule has 6 heteroatoms. The number of carbonyl (C=O) groups excluding carboxylic acids is 1. The molecular formula is C15H23N3O3. The maximum Gasteiger partial charge on any atom is 0.321 e. The monoisotopic (exact) mass is 293 g/mol. The molecule has 5 N–H and O–H groups in total. The van der Waals surface area contributed by atoms with Gasteiger partial charge >= 0.3 is 5.97 Å². The molecular weight excluding hydrogens is 270 g/mol. The van der Waals surface area contributed by atoms with Gasteiger partial charge in [0.1, 0.15) is 6.04 Å². The number of amides is 1. The van der Waals surface area contributed by atoms with E-state index in [2.05, 4.69) is 10.6 Å². The van der Waals surface area contributed by atoms with Crippen molar-refractivity contribution < 1.29 is 14.7 Å². The average molecular weight is 293 g/mol. The van der Waals surface area contributed by atoms with Gasteiger partial charge in [-0.05, 0) is 45.0 Å². The van der Waals surface area contributed by atoms with Crippen LogP contribution in [0.4, 0.5) is 5.69 Å². The van der Waals surface area contributed by atoms with Crippen molar-refractivity contribution in [3.8, 4) is 0 Å². The van der Waals surface area contributed by atoms with Crippen LogP contribution in [-0.2, 0) is 9.59 Å². The Bertz CT molecular complexity index is 503. The molecule has 0 spiro atoms. The molecule has 0 bridgehead atoms. The highest BCUT2D eigenvalue weighted by Crippen LogP contribution is 2.16. The van der Waals surface area contributed by atoms with Gasteiger partial charge in [0.25, 0.3) is 0 Å². The molecule has 0 aliphatic carbocycles. The van der Waals surface area contributed by atoms with Crippen LogP contribution in [-0.4, -0.2) is 36.1 Å². The Labute approximate surface area is 124 Å². The number of carboxylic acids is 1. The zero-order valence-corrected chi connectivity index (χ0v) is 12.5. The molecule has 0 aromatic heterocycles. The smallest absolute Gasteiger partial charge is 0.321 e. The minimum absolute atomic E-state index is 0.118. The molecule has 0 saturated heterocycles. The summed E-state index contributed by atoms with van der Waals surface area (Å²) in [5.74, 6) is -1.36. The van der Waals surface area contributed by atoms with Crippen LogP contribution >= 0.6 is 0 Å². The summed E-state index contributed by atoms with van der Waals surface area (Å²) in [4.78, 5) is 23.1. The van der Waals surface area contributed by atoms with Crippen molar-refractivity contribution in [3.05, 3.63) is 29.3 Å². The van der Waals surface area contributed by atoms with Gasteiger partial charge in [-0.25, -0.2) is 0 Å². The largest absolute Gasteiger partial charge is 0.480 e. The van der Waals surface area contributed by atoms with E-state index in [1.54, 1.807) is 0 Å². The molecule has 0 heterocycles. The number of aryl methyl sites for hydroxylation is 2. The summed E-state index contributed by atoms with van der Waals surface area (Å²) in [7, 11) is 0. The molecule has 0 unspecified atom stereocenters. The fourth-order valence-electron chi connectivity index (χ4n) is 1.97. The van der Waals surface area contributed by atoms with Crippen LogP contribution in [0.15, 0.2) is 18.2 Å². The van der Waals surface area contributed by atoms with Crippen LogP contribution in [0.1, 0.15) is 24.0 Å². The lowest BCUT2D eigenvalue weighted by Gasteiger charge is -2.15. The van der Waals surface area contributed by atoms with Gasteiger partial charge < -0.3 is 21.5 Å². The van der Waals surface area contributed by atoms with E-state index in [-0.39, 0.29) is 12.3 Å².